The average Bonchev–Trinajstić information content (AvgIpc) is 2.88. The predicted octanol–water partition coefficient (Wildman–Crippen LogP) is 4.73. The molecule has 0 aliphatic heterocycles. The second-order valence-corrected chi connectivity index (χ2v) is 6.36. The van der Waals surface area contributed by atoms with Gasteiger partial charge in [-0.05, 0) is 36.5 Å². The van der Waals surface area contributed by atoms with Crippen molar-refractivity contribution in [2.24, 2.45) is 4.99 Å². The second kappa shape index (κ2) is 6.76. The van der Waals surface area contributed by atoms with Gasteiger partial charge in [0.1, 0.15) is 10.6 Å². The number of benzene rings is 2. The van der Waals surface area contributed by atoms with E-state index >= 15 is 0 Å². The van der Waals surface area contributed by atoms with E-state index in [-0.39, 0.29) is 5.88 Å². The molecular formula is C17H14N2O2S2. The van der Waals surface area contributed by atoms with Gasteiger partial charge in [-0.1, -0.05) is 35.6 Å². The van der Waals surface area contributed by atoms with Gasteiger partial charge in [-0.25, -0.2) is 0 Å². The van der Waals surface area contributed by atoms with Crippen LogP contribution in [0.25, 0.3) is 5.69 Å². The molecule has 116 valence electrons. The first-order valence-electron chi connectivity index (χ1n) is 6.87. The number of ether oxygens (including phenoxy) is 1. The van der Waals surface area contributed by atoms with Crippen molar-refractivity contribution < 1.29 is 9.84 Å². The molecule has 6 heteroatoms. The number of methoxy groups -OCH3 is 1. The molecule has 23 heavy (non-hydrogen) atoms. The van der Waals surface area contributed by atoms with Crippen LogP contribution in [0.15, 0.2) is 59.6 Å². The molecule has 0 fully saturated rings. The Balaban J connectivity index is 1.96. The summed E-state index contributed by atoms with van der Waals surface area (Å²) in [4.78, 5) is 4.99. The maximum Gasteiger partial charge on any atom is 0.216 e. The molecule has 0 atom stereocenters. The normalized spacial score (nSPS) is 11.0. The number of para-hydroxylation sites is 1. The lowest BCUT2D eigenvalue weighted by molar-refractivity contribution is 0.415. The number of hydrogen-bond donors (Lipinski definition) is 1. The van der Waals surface area contributed by atoms with Crippen LogP contribution in [-0.4, -0.2) is 23.0 Å². The average molecular weight is 342 g/mol. The fourth-order valence-corrected chi connectivity index (χ4v) is 3.32. The van der Waals surface area contributed by atoms with Gasteiger partial charge < -0.3 is 9.84 Å². The van der Waals surface area contributed by atoms with E-state index in [1.807, 2.05) is 54.6 Å². The molecule has 3 rings (SSSR count). The molecule has 1 aromatic heterocycles. The van der Waals surface area contributed by atoms with E-state index in [4.69, 9.17) is 17.0 Å². The summed E-state index contributed by atoms with van der Waals surface area (Å²) in [6.07, 6.45) is 1.62. The number of rotatable bonds is 4. The van der Waals surface area contributed by atoms with E-state index in [1.165, 1.54) is 11.3 Å². The van der Waals surface area contributed by atoms with Gasteiger partial charge >= 0.3 is 0 Å². The van der Waals surface area contributed by atoms with Crippen molar-refractivity contribution in [1.29, 1.82) is 0 Å². The van der Waals surface area contributed by atoms with Crippen LogP contribution in [-0.2, 0) is 0 Å². The fraction of sp³-hybridized carbons (Fsp3) is 0.0588. The molecule has 0 saturated heterocycles. The first kappa shape index (κ1) is 15.5. The van der Waals surface area contributed by atoms with E-state index in [0.717, 1.165) is 17.1 Å². The van der Waals surface area contributed by atoms with Crippen LogP contribution in [0.4, 0.5) is 5.69 Å². The first-order chi connectivity index (χ1) is 11.2. The van der Waals surface area contributed by atoms with Crippen molar-refractivity contribution in [3.8, 4) is 17.3 Å². The maximum absolute atomic E-state index is 10.4. The van der Waals surface area contributed by atoms with Crippen molar-refractivity contribution in [2.75, 3.05) is 7.11 Å². The summed E-state index contributed by atoms with van der Waals surface area (Å²) in [6.45, 7) is 0. The van der Waals surface area contributed by atoms with E-state index in [0.29, 0.717) is 8.83 Å². The Morgan fingerprint density at radius 2 is 1.96 bits per heavy atom. The summed E-state index contributed by atoms with van der Waals surface area (Å²) >= 11 is 6.66. The maximum atomic E-state index is 10.4. The van der Waals surface area contributed by atoms with Gasteiger partial charge in [0.2, 0.25) is 5.88 Å². The molecule has 0 amide bonds. The standard InChI is InChI=1S/C17H14N2O2S2/c1-21-14-9-5-6-12(10-14)18-11-15-16(20)19(17(22)23-15)13-7-3-2-4-8-13/h2-11,20H,1H3. The van der Waals surface area contributed by atoms with Crippen molar-refractivity contribution >= 4 is 35.5 Å². The molecule has 1 N–H and O–H groups in total. The lowest BCUT2D eigenvalue weighted by Crippen LogP contribution is -1.92. The number of aromatic nitrogens is 1. The largest absolute Gasteiger partial charge is 0.497 e. The Morgan fingerprint density at radius 1 is 1.17 bits per heavy atom. The molecule has 3 aromatic rings. The third kappa shape index (κ3) is 3.33. The molecule has 0 unspecified atom stereocenters. The minimum absolute atomic E-state index is 0.0952. The lowest BCUT2D eigenvalue weighted by Gasteiger charge is -2.03. The zero-order chi connectivity index (χ0) is 16.2. The number of nitrogens with zero attached hydrogens (tertiary/aromatic N) is 2. The van der Waals surface area contributed by atoms with Crippen LogP contribution in [0.5, 0.6) is 11.6 Å². The van der Waals surface area contributed by atoms with Gasteiger partial charge in [0, 0.05) is 6.07 Å². The summed E-state index contributed by atoms with van der Waals surface area (Å²) in [5.74, 6) is 0.830. The highest BCUT2D eigenvalue weighted by molar-refractivity contribution is 7.73. The third-order valence-electron chi connectivity index (χ3n) is 3.21. The van der Waals surface area contributed by atoms with Crippen molar-refractivity contribution in [3.63, 3.8) is 0 Å². The van der Waals surface area contributed by atoms with Crippen molar-refractivity contribution in [1.82, 2.24) is 4.57 Å². The Morgan fingerprint density at radius 3 is 2.70 bits per heavy atom. The fourth-order valence-electron chi connectivity index (χ4n) is 2.09. The van der Waals surface area contributed by atoms with E-state index in [9.17, 15) is 5.11 Å². The van der Waals surface area contributed by atoms with Crippen molar-refractivity contribution in [3.05, 3.63) is 63.4 Å². The Kier molecular flexibility index (Phi) is 4.55. The molecule has 0 aliphatic rings. The van der Waals surface area contributed by atoms with Crippen LogP contribution in [0.2, 0.25) is 0 Å². The van der Waals surface area contributed by atoms with Crippen LogP contribution < -0.4 is 4.74 Å². The number of hydrogen-bond acceptors (Lipinski definition) is 5. The van der Waals surface area contributed by atoms with Gasteiger partial charge in [0.05, 0.1) is 24.7 Å². The molecule has 1 heterocycles. The van der Waals surface area contributed by atoms with Crippen molar-refractivity contribution in [2.45, 2.75) is 0 Å². The Hall–Kier alpha value is -2.44. The predicted molar refractivity (Wildman–Crippen MR) is 96.4 cm³/mol. The SMILES string of the molecule is COc1cccc(N=Cc2sc(=S)n(-c3ccccc3)c2O)c1. The highest BCUT2D eigenvalue weighted by Gasteiger charge is 2.11. The van der Waals surface area contributed by atoms with E-state index in [1.54, 1.807) is 17.9 Å². The summed E-state index contributed by atoms with van der Waals surface area (Å²) in [5, 5.41) is 10.4. The van der Waals surface area contributed by atoms with Crippen LogP contribution >= 0.6 is 23.6 Å². The van der Waals surface area contributed by atoms with Gasteiger partial charge in [-0.2, -0.15) is 0 Å². The summed E-state index contributed by atoms with van der Waals surface area (Å²) in [7, 11) is 1.61. The smallest absolute Gasteiger partial charge is 0.216 e. The van der Waals surface area contributed by atoms with Crippen LogP contribution in [0.1, 0.15) is 4.88 Å². The third-order valence-corrected chi connectivity index (χ3v) is 4.51. The minimum atomic E-state index is 0.0952. The number of aromatic hydroxyl groups is 1. The topological polar surface area (TPSA) is 46.8 Å². The second-order valence-electron chi connectivity index (χ2n) is 4.69. The molecule has 0 bridgehead atoms. The van der Waals surface area contributed by atoms with E-state index < -0.39 is 0 Å². The van der Waals surface area contributed by atoms with Gasteiger partial charge in [-0.3, -0.25) is 9.56 Å². The van der Waals surface area contributed by atoms with Crippen LogP contribution in [0, 0.1) is 3.95 Å². The highest BCUT2D eigenvalue weighted by Crippen LogP contribution is 2.29. The molecule has 0 aliphatic carbocycles. The lowest BCUT2D eigenvalue weighted by atomic mass is 10.3. The molecule has 0 saturated carbocycles. The van der Waals surface area contributed by atoms with Crippen LogP contribution in [0.3, 0.4) is 0 Å². The number of thiazole rings is 1. The van der Waals surface area contributed by atoms with Gasteiger partial charge in [-0.15, -0.1) is 0 Å². The zero-order valence-corrected chi connectivity index (χ0v) is 14.0. The Bertz CT molecular complexity index is 898. The summed E-state index contributed by atoms with van der Waals surface area (Å²) in [6, 6.07) is 16.9. The van der Waals surface area contributed by atoms with E-state index in [2.05, 4.69) is 4.99 Å². The minimum Gasteiger partial charge on any atom is -0.497 e. The summed E-state index contributed by atoms with van der Waals surface area (Å²) < 4.78 is 7.37. The van der Waals surface area contributed by atoms with Gasteiger partial charge in [0.15, 0.2) is 3.95 Å². The number of aliphatic imine (C=N–C) groups is 1. The summed E-state index contributed by atoms with van der Waals surface area (Å²) in [5.41, 5.74) is 1.57. The molecule has 0 spiro atoms. The Labute approximate surface area is 143 Å². The molecule has 4 nitrogen and oxygen atoms in total. The molecule has 0 radical (unpaired) electrons. The quantitative estimate of drug-likeness (QED) is 0.550. The molecule has 2 aromatic carbocycles. The zero-order valence-electron chi connectivity index (χ0n) is 12.3. The highest BCUT2D eigenvalue weighted by atomic mass is 32.1. The van der Waals surface area contributed by atoms with Gasteiger partial charge in [0.25, 0.3) is 0 Å². The monoisotopic (exact) mass is 342 g/mol. The first-order valence-corrected chi connectivity index (χ1v) is 8.10. The molecular weight excluding hydrogens is 328 g/mol.